The van der Waals surface area contributed by atoms with Crippen LogP contribution in [0.5, 0.6) is 0 Å². The number of amides is 1. The van der Waals surface area contributed by atoms with Crippen molar-refractivity contribution >= 4 is 5.91 Å². The third-order valence-corrected chi connectivity index (χ3v) is 17.6. The lowest BCUT2D eigenvalue weighted by Gasteiger charge is -2.46. The summed E-state index contributed by atoms with van der Waals surface area (Å²) >= 11 is 0. The fourth-order valence-electron chi connectivity index (χ4n) is 11.9. The Kier molecular flexibility index (Phi) is 52.4. The maximum absolute atomic E-state index is 13.3. The summed E-state index contributed by atoms with van der Waals surface area (Å²) in [5.41, 5.74) is 0. The molecule has 0 aromatic heterocycles. The molecule has 0 aliphatic carbocycles. The second-order valence-corrected chi connectivity index (χ2v) is 25.4. The van der Waals surface area contributed by atoms with Gasteiger partial charge >= 0.3 is 0 Å². The molecule has 0 saturated carbocycles. The molecule has 12 unspecified atom stereocenters. The number of carbonyl (C=O) groups is 1. The van der Waals surface area contributed by atoms with Crippen molar-refractivity contribution in [1.29, 1.82) is 0 Å². The fourth-order valence-corrected chi connectivity index (χ4v) is 11.9. The molecule has 500 valence electrons. The SMILES string of the molecule is CCCCCCC/C=C/CC/C=C/CC/C=C/C(O)C(COC1OC(CO)C(OC2OC(CO)C(O)C(O)C2O)C(O)C1O)NC(=O)CCCCCCCCCCCCCCCCCCCCCCCCCCCCCCCCCCCCCC. The molecule has 0 spiro atoms. The Bertz CT molecular complexity index is 1560. The number of unbranched alkanes of at least 4 members (excludes halogenated alkanes) is 42. The van der Waals surface area contributed by atoms with Crippen LogP contribution in [0, 0.1) is 0 Å². The first-order valence-electron chi connectivity index (χ1n) is 35.7. The fraction of sp³-hybridized carbons (Fsp3) is 0.901. The number of aliphatic hydroxyl groups is 8. The Labute approximate surface area is 519 Å². The van der Waals surface area contributed by atoms with E-state index in [2.05, 4.69) is 43.5 Å². The number of aliphatic hydroxyl groups excluding tert-OH is 8. The van der Waals surface area contributed by atoms with Crippen LogP contribution >= 0.6 is 0 Å². The van der Waals surface area contributed by atoms with Crippen LogP contribution in [0.4, 0.5) is 0 Å². The Morgan fingerprint density at radius 1 is 0.412 bits per heavy atom. The zero-order chi connectivity index (χ0) is 61.6. The number of ether oxygens (including phenoxy) is 4. The van der Waals surface area contributed by atoms with Crippen molar-refractivity contribution in [2.45, 2.75) is 389 Å². The first-order valence-corrected chi connectivity index (χ1v) is 35.7. The number of nitrogens with one attached hydrogen (secondary N) is 1. The van der Waals surface area contributed by atoms with Gasteiger partial charge in [-0.15, -0.1) is 0 Å². The minimum atomic E-state index is -1.79. The van der Waals surface area contributed by atoms with Crippen molar-refractivity contribution in [3.63, 3.8) is 0 Å². The predicted octanol–water partition coefficient (Wildman–Crippen LogP) is 14.5. The zero-order valence-corrected chi connectivity index (χ0v) is 54.4. The molecule has 1 amide bonds. The van der Waals surface area contributed by atoms with Gasteiger partial charge in [0.05, 0.1) is 32.0 Å². The predicted molar refractivity (Wildman–Crippen MR) is 346 cm³/mol. The molecule has 2 saturated heterocycles. The van der Waals surface area contributed by atoms with Gasteiger partial charge in [-0.25, -0.2) is 0 Å². The number of carbonyl (C=O) groups excluding carboxylic acids is 1. The molecule has 0 aromatic carbocycles. The summed E-state index contributed by atoms with van der Waals surface area (Å²) in [5, 5.41) is 87.2. The van der Waals surface area contributed by atoms with Crippen molar-refractivity contribution in [2.24, 2.45) is 0 Å². The summed E-state index contributed by atoms with van der Waals surface area (Å²) in [5.74, 6) is -0.248. The molecule has 2 aliphatic rings. The van der Waals surface area contributed by atoms with Crippen molar-refractivity contribution in [1.82, 2.24) is 5.32 Å². The van der Waals surface area contributed by atoms with Crippen LogP contribution < -0.4 is 5.32 Å². The molecule has 2 heterocycles. The van der Waals surface area contributed by atoms with E-state index in [4.69, 9.17) is 18.9 Å². The Morgan fingerprint density at radius 2 is 0.753 bits per heavy atom. The normalized spacial score (nSPS) is 23.7. The van der Waals surface area contributed by atoms with Gasteiger partial charge < -0.3 is 65.1 Å². The van der Waals surface area contributed by atoms with Gasteiger partial charge in [-0.05, 0) is 44.9 Å². The third kappa shape index (κ3) is 40.5. The van der Waals surface area contributed by atoms with E-state index in [1.54, 1.807) is 6.08 Å². The first-order chi connectivity index (χ1) is 41.6. The van der Waals surface area contributed by atoms with E-state index in [9.17, 15) is 45.6 Å². The minimum Gasteiger partial charge on any atom is -0.394 e. The van der Waals surface area contributed by atoms with Crippen LogP contribution in [0.2, 0.25) is 0 Å². The molecule has 0 bridgehead atoms. The monoisotopic (exact) mass is 1210 g/mol. The van der Waals surface area contributed by atoms with Gasteiger partial charge in [0, 0.05) is 6.42 Å². The smallest absolute Gasteiger partial charge is 0.220 e. The van der Waals surface area contributed by atoms with E-state index in [1.807, 2.05) is 6.08 Å². The van der Waals surface area contributed by atoms with E-state index in [0.29, 0.717) is 12.8 Å². The average molecular weight is 1210 g/mol. The van der Waals surface area contributed by atoms with E-state index in [1.165, 1.54) is 238 Å². The summed E-state index contributed by atoms with van der Waals surface area (Å²) in [6, 6.07) is -0.936. The number of rotatable bonds is 59. The van der Waals surface area contributed by atoms with Crippen molar-refractivity contribution in [3.05, 3.63) is 36.5 Å². The molecular weight excluding hydrogens is 1070 g/mol. The van der Waals surface area contributed by atoms with Crippen molar-refractivity contribution < 1.29 is 64.6 Å². The van der Waals surface area contributed by atoms with Crippen LogP contribution in [0.25, 0.3) is 0 Å². The van der Waals surface area contributed by atoms with Gasteiger partial charge in [0.2, 0.25) is 5.91 Å². The molecule has 2 fully saturated rings. The highest BCUT2D eigenvalue weighted by atomic mass is 16.7. The van der Waals surface area contributed by atoms with E-state index >= 15 is 0 Å². The lowest BCUT2D eigenvalue weighted by molar-refractivity contribution is -0.359. The molecule has 0 aromatic rings. The second-order valence-electron chi connectivity index (χ2n) is 25.4. The minimum absolute atomic E-state index is 0.248. The summed E-state index contributed by atoms with van der Waals surface area (Å²) in [7, 11) is 0. The summed E-state index contributed by atoms with van der Waals surface area (Å²) in [6.45, 7) is 2.79. The number of allylic oxidation sites excluding steroid dienone is 5. The van der Waals surface area contributed by atoms with Crippen molar-refractivity contribution in [3.8, 4) is 0 Å². The average Bonchev–Trinajstić information content (AvgIpc) is 3.70. The summed E-state index contributed by atoms with van der Waals surface area (Å²) < 4.78 is 22.8. The Hall–Kier alpha value is -1.79. The summed E-state index contributed by atoms with van der Waals surface area (Å²) in [4.78, 5) is 13.3. The van der Waals surface area contributed by atoms with Crippen LogP contribution in [0.3, 0.4) is 0 Å². The molecule has 0 radical (unpaired) electrons. The maximum Gasteiger partial charge on any atom is 0.220 e. The van der Waals surface area contributed by atoms with Crippen LogP contribution in [0.1, 0.15) is 316 Å². The highest BCUT2D eigenvalue weighted by Crippen LogP contribution is 2.30. The topological polar surface area (TPSA) is 228 Å². The van der Waals surface area contributed by atoms with Gasteiger partial charge in [-0.2, -0.15) is 0 Å². The lowest BCUT2D eigenvalue weighted by Crippen LogP contribution is -2.65. The van der Waals surface area contributed by atoms with Crippen molar-refractivity contribution in [2.75, 3.05) is 19.8 Å². The van der Waals surface area contributed by atoms with Crippen LogP contribution in [-0.4, -0.2) is 140 Å². The largest absolute Gasteiger partial charge is 0.394 e. The number of hydrogen-bond acceptors (Lipinski definition) is 13. The van der Waals surface area contributed by atoms with Gasteiger partial charge in [-0.1, -0.05) is 301 Å². The van der Waals surface area contributed by atoms with Gasteiger partial charge in [0.25, 0.3) is 0 Å². The quantitative estimate of drug-likeness (QED) is 0.0204. The van der Waals surface area contributed by atoms with E-state index in [0.717, 1.165) is 44.9 Å². The molecule has 12 atom stereocenters. The molecular formula is C71H133NO13. The third-order valence-electron chi connectivity index (χ3n) is 17.6. The molecule has 2 aliphatic heterocycles. The molecule has 14 heteroatoms. The summed E-state index contributed by atoms with van der Waals surface area (Å²) in [6.07, 6.45) is 55.3. The Balaban J connectivity index is 1.59. The highest BCUT2D eigenvalue weighted by Gasteiger charge is 2.51. The molecule has 2 rings (SSSR count). The van der Waals surface area contributed by atoms with Crippen LogP contribution in [0.15, 0.2) is 36.5 Å². The Morgan fingerprint density at radius 3 is 1.15 bits per heavy atom. The number of hydrogen-bond donors (Lipinski definition) is 9. The van der Waals surface area contributed by atoms with Gasteiger partial charge in [-0.3, -0.25) is 4.79 Å². The highest BCUT2D eigenvalue weighted by molar-refractivity contribution is 5.76. The first kappa shape index (κ1) is 79.3. The lowest BCUT2D eigenvalue weighted by atomic mass is 9.97. The zero-order valence-electron chi connectivity index (χ0n) is 54.4. The standard InChI is InChI=1S/C71H133NO13/c1-3-5-7-9-11-13-15-17-19-20-21-22-23-24-25-26-27-28-29-30-31-32-33-34-35-36-37-38-39-41-43-45-47-49-51-53-55-63(76)72-59(60(75)54-52-50-48-46-44-42-40-18-16-14-12-10-8-6-4-2)58-82-70-68(81)66(79)69(62(57-74)84-70)85-71-67(80)65(78)64(77)61(56-73)83-71/h16,18,44,46,52,54,59-62,64-71,73-75,77-81H,3-15,17,19-43,45,47-51,53,55-58H2,1-2H3,(H,72,76)/b18-16+,46-44+,54-52+. The van der Waals surface area contributed by atoms with Gasteiger partial charge in [0.15, 0.2) is 12.6 Å². The van der Waals surface area contributed by atoms with E-state index < -0.39 is 86.8 Å². The molecule has 14 nitrogen and oxygen atoms in total. The van der Waals surface area contributed by atoms with Gasteiger partial charge in [0.1, 0.15) is 48.8 Å². The maximum atomic E-state index is 13.3. The molecule has 85 heavy (non-hydrogen) atoms. The van der Waals surface area contributed by atoms with Crippen LogP contribution in [-0.2, 0) is 23.7 Å². The molecule has 9 N–H and O–H groups in total. The van der Waals surface area contributed by atoms with E-state index in [-0.39, 0.29) is 18.9 Å². The second kappa shape index (κ2) is 56.2.